The Balaban J connectivity index is 2.95. The van der Waals surface area contributed by atoms with Crippen molar-refractivity contribution in [3.63, 3.8) is 0 Å². The van der Waals surface area contributed by atoms with E-state index < -0.39 is 4.92 Å². The van der Waals surface area contributed by atoms with Crippen LogP contribution in [0.15, 0.2) is 22.7 Å². The summed E-state index contributed by atoms with van der Waals surface area (Å²) in [6.45, 7) is 4.09. The summed E-state index contributed by atoms with van der Waals surface area (Å²) in [5.74, 6) is 0. The maximum absolute atomic E-state index is 10.6. The first-order valence-corrected chi connectivity index (χ1v) is 5.54. The van der Waals surface area contributed by atoms with Gasteiger partial charge in [0.25, 0.3) is 5.69 Å². The number of anilines is 1. The molecule has 0 heterocycles. The van der Waals surface area contributed by atoms with Gasteiger partial charge in [-0.2, -0.15) is 0 Å². The second-order valence-corrected chi connectivity index (χ2v) is 4.23. The average Bonchev–Trinajstić information content (AvgIpc) is 2.20. The molecule has 4 nitrogen and oxygen atoms in total. The van der Waals surface area contributed by atoms with E-state index in [1.165, 1.54) is 12.1 Å². The molecule has 0 saturated heterocycles. The van der Waals surface area contributed by atoms with Gasteiger partial charge in [-0.15, -0.1) is 0 Å². The normalized spacial score (nSPS) is 12.2. The van der Waals surface area contributed by atoms with Gasteiger partial charge in [0.2, 0.25) is 0 Å². The SMILES string of the molecule is CCC(C)Nc1cc([N+](=O)[O-])ccc1Br. The van der Waals surface area contributed by atoms with Crippen LogP contribution in [0.25, 0.3) is 0 Å². The fraction of sp³-hybridized carbons (Fsp3) is 0.400. The van der Waals surface area contributed by atoms with E-state index in [-0.39, 0.29) is 5.69 Å². The summed E-state index contributed by atoms with van der Waals surface area (Å²) in [7, 11) is 0. The molecule has 0 amide bonds. The van der Waals surface area contributed by atoms with Crippen molar-refractivity contribution >= 4 is 27.3 Å². The van der Waals surface area contributed by atoms with E-state index >= 15 is 0 Å². The number of benzene rings is 1. The maximum atomic E-state index is 10.6. The standard InChI is InChI=1S/C10H13BrN2O2/c1-3-7(2)12-10-6-8(13(14)15)4-5-9(10)11/h4-7,12H,3H2,1-2H3. The fourth-order valence-electron chi connectivity index (χ4n) is 1.10. The first kappa shape index (κ1) is 12.0. The molecule has 0 radical (unpaired) electrons. The lowest BCUT2D eigenvalue weighted by Gasteiger charge is -2.13. The summed E-state index contributed by atoms with van der Waals surface area (Å²) in [5, 5.41) is 13.8. The molecule has 1 unspecified atom stereocenters. The molecule has 5 heteroatoms. The van der Waals surface area contributed by atoms with Crippen molar-refractivity contribution < 1.29 is 4.92 Å². The van der Waals surface area contributed by atoms with Crippen molar-refractivity contribution in [1.29, 1.82) is 0 Å². The van der Waals surface area contributed by atoms with Gasteiger partial charge < -0.3 is 5.32 Å². The highest BCUT2D eigenvalue weighted by atomic mass is 79.9. The van der Waals surface area contributed by atoms with Crippen LogP contribution in [0.4, 0.5) is 11.4 Å². The second kappa shape index (κ2) is 5.11. The third-order valence-electron chi connectivity index (χ3n) is 2.18. The highest BCUT2D eigenvalue weighted by Crippen LogP contribution is 2.27. The Kier molecular flexibility index (Phi) is 4.08. The molecular formula is C10H13BrN2O2. The zero-order valence-electron chi connectivity index (χ0n) is 8.66. The molecule has 1 rings (SSSR count). The molecule has 1 aromatic carbocycles. The van der Waals surface area contributed by atoms with E-state index in [1.807, 2.05) is 6.92 Å². The van der Waals surface area contributed by atoms with Crippen molar-refractivity contribution in [2.24, 2.45) is 0 Å². The second-order valence-electron chi connectivity index (χ2n) is 3.37. The number of nitro benzene ring substituents is 1. The number of halogens is 1. The summed E-state index contributed by atoms with van der Waals surface area (Å²) in [5.41, 5.74) is 0.863. The molecule has 0 aliphatic carbocycles. The summed E-state index contributed by atoms with van der Waals surface area (Å²) >= 11 is 3.35. The van der Waals surface area contributed by atoms with Crippen LogP contribution < -0.4 is 5.32 Å². The molecule has 1 atom stereocenters. The van der Waals surface area contributed by atoms with Crippen LogP contribution in [-0.2, 0) is 0 Å². The van der Waals surface area contributed by atoms with Crippen molar-refractivity contribution in [1.82, 2.24) is 0 Å². The lowest BCUT2D eigenvalue weighted by molar-refractivity contribution is -0.384. The van der Waals surface area contributed by atoms with Crippen LogP contribution in [0.2, 0.25) is 0 Å². The summed E-state index contributed by atoms with van der Waals surface area (Å²) in [6, 6.07) is 4.99. The largest absolute Gasteiger partial charge is 0.381 e. The van der Waals surface area contributed by atoms with Crippen LogP contribution in [-0.4, -0.2) is 11.0 Å². The van der Waals surface area contributed by atoms with Crippen molar-refractivity contribution in [3.8, 4) is 0 Å². The highest BCUT2D eigenvalue weighted by molar-refractivity contribution is 9.10. The van der Waals surface area contributed by atoms with Gasteiger partial charge in [-0.1, -0.05) is 6.92 Å². The minimum atomic E-state index is -0.395. The van der Waals surface area contributed by atoms with Gasteiger partial charge in [0.1, 0.15) is 0 Å². The van der Waals surface area contributed by atoms with Gasteiger partial charge >= 0.3 is 0 Å². The summed E-state index contributed by atoms with van der Waals surface area (Å²) < 4.78 is 0.841. The third kappa shape index (κ3) is 3.20. The number of nitro groups is 1. The average molecular weight is 273 g/mol. The Labute approximate surface area is 97.0 Å². The number of nitrogens with one attached hydrogen (secondary N) is 1. The Morgan fingerprint density at radius 3 is 2.80 bits per heavy atom. The number of non-ortho nitro benzene ring substituents is 1. The molecule has 82 valence electrons. The van der Waals surface area contributed by atoms with Crippen molar-refractivity contribution in [2.75, 3.05) is 5.32 Å². The molecule has 0 saturated carbocycles. The highest BCUT2D eigenvalue weighted by Gasteiger charge is 2.10. The van der Waals surface area contributed by atoms with Crippen molar-refractivity contribution in [2.45, 2.75) is 26.3 Å². The smallest absolute Gasteiger partial charge is 0.271 e. The van der Waals surface area contributed by atoms with Gasteiger partial charge in [0.05, 0.1) is 10.6 Å². The minimum Gasteiger partial charge on any atom is -0.381 e. The van der Waals surface area contributed by atoms with Crippen molar-refractivity contribution in [3.05, 3.63) is 32.8 Å². The quantitative estimate of drug-likeness (QED) is 0.674. The Bertz CT molecular complexity index is 368. The predicted octanol–water partition coefficient (Wildman–Crippen LogP) is 3.57. The lowest BCUT2D eigenvalue weighted by atomic mass is 10.2. The minimum absolute atomic E-state index is 0.101. The Hall–Kier alpha value is -1.10. The number of nitrogens with zero attached hydrogens (tertiary/aromatic N) is 1. The van der Waals surface area contributed by atoms with E-state index in [2.05, 4.69) is 28.2 Å². The van der Waals surface area contributed by atoms with Gasteiger partial charge in [-0.05, 0) is 35.3 Å². The van der Waals surface area contributed by atoms with E-state index in [1.54, 1.807) is 6.07 Å². The number of hydrogen-bond donors (Lipinski definition) is 1. The number of rotatable bonds is 4. The van der Waals surface area contributed by atoms with E-state index in [9.17, 15) is 10.1 Å². The Morgan fingerprint density at radius 2 is 2.27 bits per heavy atom. The van der Waals surface area contributed by atoms with Gasteiger partial charge in [-0.25, -0.2) is 0 Å². The molecule has 0 aliphatic rings. The molecule has 0 fully saturated rings. The first-order valence-electron chi connectivity index (χ1n) is 4.75. The monoisotopic (exact) mass is 272 g/mol. The van der Waals surface area contributed by atoms with Crippen LogP contribution >= 0.6 is 15.9 Å². The molecular weight excluding hydrogens is 260 g/mol. The van der Waals surface area contributed by atoms with E-state index in [4.69, 9.17) is 0 Å². The third-order valence-corrected chi connectivity index (χ3v) is 2.87. The summed E-state index contributed by atoms with van der Waals surface area (Å²) in [6.07, 6.45) is 0.967. The number of hydrogen-bond acceptors (Lipinski definition) is 3. The molecule has 1 aromatic rings. The zero-order chi connectivity index (χ0) is 11.4. The lowest BCUT2D eigenvalue weighted by Crippen LogP contribution is -2.13. The first-order chi connectivity index (χ1) is 7.04. The van der Waals surface area contributed by atoms with Gasteiger partial charge in [-0.3, -0.25) is 10.1 Å². The van der Waals surface area contributed by atoms with Crippen LogP contribution in [0.3, 0.4) is 0 Å². The van der Waals surface area contributed by atoms with Gasteiger partial charge in [0.15, 0.2) is 0 Å². The van der Waals surface area contributed by atoms with Gasteiger partial charge in [0, 0.05) is 22.6 Å². The maximum Gasteiger partial charge on any atom is 0.271 e. The van der Waals surface area contributed by atoms with Crippen LogP contribution in [0.1, 0.15) is 20.3 Å². The van der Waals surface area contributed by atoms with E-state index in [0.717, 1.165) is 16.6 Å². The zero-order valence-corrected chi connectivity index (χ0v) is 10.2. The molecule has 0 aromatic heterocycles. The van der Waals surface area contributed by atoms with Crippen LogP contribution in [0.5, 0.6) is 0 Å². The molecule has 0 bridgehead atoms. The molecule has 0 spiro atoms. The summed E-state index contributed by atoms with van der Waals surface area (Å²) in [4.78, 5) is 10.2. The molecule has 0 aliphatic heterocycles. The fourth-order valence-corrected chi connectivity index (χ4v) is 1.47. The predicted molar refractivity (Wildman–Crippen MR) is 64.2 cm³/mol. The topological polar surface area (TPSA) is 55.2 Å². The van der Waals surface area contributed by atoms with Crippen LogP contribution in [0, 0.1) is 10.1 Å². The van der Waals surface area contributed by atoms with E-state index in [0.29, 0.717) is 6.04 Å². The molecule has 15 heavy (non-hydrogen) atoms. The molecule has 1 N–H and O–H groups in total. The Morgan fingerprint density at radius 1 is 1.60 bits per heavy atom.